The molecule has 0 unspecified atom stereocenters. The van der Waals surface area contributed by atoms with Crippen LogP contribution in [0.15, 0.2) is 107 Å². The van der Waals surface area contributed by atoms with Crippen molar-refractivity contribution in [1.29, 1.82) is 0 Å². The van der Waals surface area contributed by atoms with Crippen molar-refractivity contribution in [3.05, 3.63) is 140 Å². The fourth-order valence-corrected chi connectivity index (χ4v) is 5.69. The van der Waals surface area contributed by atoms with E-state index < -0.39 is 30.1 Å². The zero-order valence-electron chi connectivity index (χ0n) is 23.9. The lowest BCUT2D eigenvalue weighted by Crippen LogP contribution is -2.10. The van der Waals surface area contributed by atoms with Gasteiger partial charge < -0.3 is 0 Å². The summed E-state index contributed by atoms with van der Waals surface area (Å²) in [5.41, 5.74) is 2.67. The molecule has 0 aliphatic rings. The van der Waals surface area contributed by atoms with Gasteiger partial charge in [0.05, 0.1) is 32.9 Å². The fourth-order valence-electron chi connectivity index (χ4n) is 3.87. The summed E-state index contributed by atoms with van der Waals surface area (Å²) in [6.07, 6.45) is 0.282. The molecule has 0 N–H and O–H groups in total. The third-order valence-electron chi connectivity index (χ3n) is 6.22. The monoisotopic (exact) mass is 642 g/mol. The number of nitro benzene ring substituents is 2. The second-order valence-electron chi connectivity index (χ2n) is 9.45. The van der Waals surface area contributed by atoms with Crippen LogP contribution in [0.4, 0.5) is 11.4 Å². The number of aryl methyl sites for hydroxylation is 2. The van der Waals surface area contributed by atoms with Crippen molar-refractivity contribution in [1.82, 2.24) is 0 Å². The highest BCUT2D eigenvalue weighted by atomic mass is 32.2. The quantitative estimate of drug-likeness (QED) is 0.106. The Hall–Kier alpha value is -4.50. The minimum atomic E-state index is -3.85. The molecule has 4 aromatic rings. The van der Waals surface area contributed by atoms with Crippen molar-refractivity contribution in [2.24, 2.45) is 0 Å². The van der Waals surface area contributed by atoms with Gasteiger partial charge in [-0.25, -0.2) is 0 Å². The Morgan fingerprint density at radius 2 is 0.864 bits per heavy atom. The molecule has 0 saturated carbocycles. The van der Waals surface area contributed by atoms with E-state index in [-0.39, 0.29) is 47.2 Å². The Morgan fingerprint density at radius 1 is 0.545 bits per heavy atom. The van der Waals surface area contributed by atoms with Crippen LogP contribution in [0, 0.1) is 34.1 Å². The Balaban J connectivity index is 0.000000240. The van der Waals surface area contributed by atoms with E-state index in [1.165, 1.54) is 36.4 Å². The topological polar surface area (TPSA) is 173 Å². The van der Waals surface area contributed by atoms with Crippen LogP contribution in [0.2, 0.25) is 0 Å². The molecule has 44 heavy (non-hydrogen) atoms. The van der Waals surface area contributed by atoms with Crippen molar-refractivity contribution in [3.63, 3.8) is 0 Å². The Morgan fingerprint density at radius 3 is 1.18 bits per heavy atom. The van der Waals surface area contributed by atoms with Gasteiger partial charge in [0.15, 0.2) is 0 Å². The molecular weight excluding hydrogens is 612 g/mol. The molecule has 0 bridgehead atoms. The maximum Gasteiger partial charge on any atom is 0.296 e. The highest BCUT2D eigenvalue weighted by Gasteiger charge is 2.18. The molecule has 0 saturated heterocycles. The van der Waals surface area contributed by atoms with E-state index in [0.717, 1.165) is 11.1 Å². The molecule has 4 rings (SSSR count). The first-order chi connectivity index (χ1) is 20.8. The van der Waals surface area contributed by atoms with Gasteiger partial charge in [-0.05, 0) is 38.1 Å². The Kier molecular flexibility index (Phi) is 11.8. The summed E-state index contributed by atoms with van der Waals surface area (Å²) in [5, 5.41) is 21.8. The fraction of sp³-hybridized carbons (Fsp3) is 0.200. The summed E-state index contributed by atoms with van der Waals surface area (Å²) in [6.45, 7) is 3.40. The Bertz CT molecular complexity index is 1670. The van der Waals surface area contributed by atoms with Gasteiger partial charge in [-0.2, -0.15) is 16.8 Å². The molecule has 0 aliphatic carbocycles. The number of nitrogens with zero attached hydrogens (tertiary/aromatic N) is 2. The third-order valence-corrected chi connectivity index (χ3v) is 8.87. The first-order valence-electron chi connectivity index (χ1n) is 13.2. The molecule has 14 heteroatoms. The van der Waals surface area contributed by atoms with Crippen LogP contribution in [-0.2, 0) is 41.4 Å². The van der Waals surface area contributed by atoms with E-state index in [2.05, 4.69) is 0 Å². The van der Waals surface area contributed by atoms with Crippen molar-refractivity contribution >= 4 is 31.6 Å². The van der Waals surface area contributed by atoms with Crippen LogP contribution in [0.1, 0.15) is 22.3 Å². The number of para-hydroxylation sites is 2. The Labute approximate surface area is 255 Å². The SMILES string of the molecule is Cc1ccc(S(=O)(=O)OCCc2ccccc2[N+](=O)[O-])cc1.Cc1ccc(S(=O)(=O)OCCc2ccccc2[N+](=O)[O-])cc1. The molecule has 0 radical (unpaired) electrons. The van der Waals surface area contributed by atoms with Crippen LogP contribution in [0.5, 0.6) is 0 Å². The zero-order valence-corrected chi connectivity index (χ0v) is 25.5. The predicted molar refractivity (Wildman–Crippen MR) is 162 cm³/mol. The van der Waals surface area contributed by atoms with E-state index in [1.807, 2.05) is 13.8 Å². The van der Waals surface area contributed by atoms with Crippen LogP contribution in [-0.4, -0.2) is 39.9 Å². The van der Waals surface area contributed by atoms with Gasteiger partial charge in [-0.1, -0.05) is 71.8 Å². The summed E-state index contributed by atoms with van der Waals surface area (Å²) in [5.74, 6) is 0. The molecule has 0 aromatic heterocycles. The van der Waals surface area contributed by atoms with Crippen molar-refractivity contribution in [3.8, 4) is 0 Å². The highest BCUT2D eigenvalue weighted by molar-refractivity contribution is 7.87. The highest BCUT2D eigenvalue weighted by Crippen LogP contribution is 2.21. The van der Waals surface area contributed by atoms with Crippen molar-refractivity contribution < 1.29 is 35.0 Å². The molecule has 12 nitrogen and oxygen atoms in total. The number of nitro groups is 2. The largest absolute Gasteiger partial charge is 0.296 e. The van der Waals surface area contributed by atoms with Gasteiger partial charge in [0, 0.05) is 36.1 Å². The molecule has 232 valence electrons. The van der Waals surface area contributed by atoms with Gasteiger partial charge >= 0.3 is 0 Å². The smallest absolute Gasteiger partial charge is 0.266 e. The molecule has 0 spiro atoms. The number of benzene rings is 4. The normalized spacial score (nSPS) is 11.3. The van der Waals surface area contributed by atoms with Crippen LogP contribution < -0.4 is 0 Å². The maximum atomic E-state index is 12.0. The molecule has 0 amide bonds. The lowest BCUT2D eigenvalue weighted by atomic mass is 10.1. The summed E-state index contributed by atoms with van der Waals surface area (Å²) in [7, 11) is -7.70. The first kappa shape index (κ1) is 34.0. The van der Waals surface area contributed by atoms with E-state index in [1.54, 1.807) is 60.7 Å². The second-order valence-corrected chi connectivity index (χ2v) is 12.7. The number of hydrogen-bond acceptors (Lipinski definition) is 10. The van der Waals surface area contributed by atoms with E-state index >= 15 is 0 Å². The standard InChI is InChI=1S/2C15H15NO5S/c2*1-12-6-8-14(9-7-12)22(19,20)21-11-10-13-4-2-3-5-15(13)16(17)18/h2*2-9H,10-11H2,1H3. The minimum Gasteiger partial charge on any atom is -0.266 e. The average Bonchev–Trinajstić information content (AvgIpc) is 2.98. The van der Waals surface area contributed by atoms with E-state index in [9.17, 15) is 37.1 Å². The van der Waals surface area contributed by atoms with Crippen LogP contribution in [0.25, 0.3) is 0 Å². The number of hydrogen-bond donors (Lipinski definition) is 0. The maximum absolute atomic E-state index is 12.0. The minimum absolute atomic E-state index is 0.0427. The van der Waals surface area contributed by atoms with E-state index in [0.29, 0.717) is 11.1 Å². The van der Waals surface area contributed by atoms with Gasteiger partial charge in [-0.3, -0.25) is 28.6 Å². The van der Waals surface area contributed by atoms with Crippen molar-refractivity contribution in [2.45, 2.75) is 36.5 Å². The molecule has 0 fully saturated rings. The van der Waals surface area contributed by atoms with Crippen LogP contribution >= 0.6 is 0 Å². The first-order valence-corrected chi connectivity index (χ1v) is 16.0. The van der Waals surface area contributed by atoms with E-state index in [4.69, 9.17) is 8.37 Å². The molecular formula is C30H30N2O10S2. The van der Waals surface area contributed by atoms with Gasteiger partial charge in [0.25, 0.3) is 31.6 Å². The lowest BCUT2D eigenvalue weighted by Gasteiger charge is -2.06. The third kappa shape index (κ3) is 9.77. The molecule has 0 atom stereocenters. The summed E-state index contributed by atoms with van der Waals surface area (Å²) in [4.78, 5) is 20.9. The van der Waals surface area contributed by atoms with Gasteiger partial charge in [0.1, 0.15) is 0 Å². The molecule has 0 heterocycles. The lowest BCUT2D eigenvalue weighted by molar-refractivity contribution is -0.385. The van der Waals surface area contributed by atoms with Gasteiger partial charge in [0.2, 0.25) is 0 Å². The summed E-state index contributed by atoms with van der Waals surface area (Å²) >= 11 is 0. The summed E-state index contributed by atoms with van der Waals surface area (Å²) in [6, 6.07) is 25.0. The zero-order chi connectivity index (χ0) is 32.3. The molecule has 0 aliphatic heterocycles. The van der Waals surface area contributed by atoms with Gasteiger partial charge in [-0.15, -0.1) is 0 Å². The van der Waals surface area contributed by atoms with Crippen molar-refractivity contribution in [2.75, 3.05) is 13.2 Å². The molecule has 4 aromatic carbocycles. The second kappa shape index (κ2) is 15.3. The predicted octanol–water partition coefficient (Wildman–Crippen LogP) is 5.70. The number of rotatable bonds is 12. The summed E-state index contributed by atoms with van der Waals surface area (Å²) < 4.78 is 57.9. The average molecular weight is 643 g/mol. The van der Waals surface area contributed by atoms with Crippen LogP contribution in [0.3, 0.4) is 0 Å².